The van der Waals surface area contributed by atoms with E-state index in [2.05, 4.69) is 5.32 Å². The first-order valence-electron chi connectivity index (χ1n) is 9.55. The monoisotopic (exact) mass is 429 g/mol. The van der Waals surface area contributed by atoms with Crippen molar-refractivity contribution < 1.29 is 9.18 Å². The number of amides is 1. The molecule has 3 aromatic carbocycles. The maximum Gasteiger partial charge on any atom is 0.266 e. The molecule has 1 N–H and O–H groups in total. The molecule has 0 aliphatic heterocycles. The summed E-state index contributed by atoms with van der Waals surface area (Å²) >= 11 is 5.87. The van der Waals surface area contributed by atoms with Crippen molar-refractivity contribution in [2.75, 3.05) is 5.32 Å². The Bertz CT molecular complexity index is 1330. The molecule has 152 valence electrons. The predicted octanol–water partition coefficient (Wildman–Crippen LogP) is 6.03. The first kappa shape index (κ1) is 20.4. The Morgan fingerprint density at radius 1 is 1.06 bits per heavy atom. The second kappa shape index (κ2) is 8.86. The molecule has 31 heavy (non-hydrogen) atoms. The van der Waals surface area contributed by atoms with Crippen LogP contribution in [0.15, 0.2) is 84.6 Å². The molecule has 0 atom stereocenters. The summed E-state index contributed by atoms with van der Waals surface area (Å²) in [7, 11) is 0. The van der Waals surface area contributed by atoms with Crippen molar-refractivity contribution >= 4 is 40.2 Å². The molecule has 0 radical (unpaired) electrons. The molecule has 1 heterocycles. The van der Waals surface area contributed by atoms with E-state index in [1.165, 1.54) is 6.07 Å². The molecule has 6 heteroatoms. The fourth-order valence-corrected chi connectivity index (χ4v) is 3.49. The van der Waals surface area contributed by atoms with E-state index in [1.807, 2.05) is 41.1 Å². The van der Waals surface area contributed by atoms with Crippen LogP contribution >= 0.6 is 11.6 Å². The summed E-state index contributed by atoms with van der Waals surface area (Å²) in [5.41, 5.74) is 2.64. The van der Waals surface area contributed by atoms with E-state index in [0.29, 0.717) is 28.4 Å². The third-order valence-corrected chi connectivity index (χ3v) is 5.14. The Labute approximate surface area is 183 Å². The highest BCUT2D eigenvalue weighted by atomic mass is 35.5. The van der Waals surface area contributed by atoms with Gasteiger partial charge in [-0.05, 0) is 42.5 Å². The van der Waals surface area contributed by atoms with Gasteiger partial charge in [0.2, 0.25) is 0 Å². The van der Waals surface area contributed by atoms with Gasteiger partial charge in [0.1, 0.15) is 17.5 Å². The molecule has 0 aliphatic carbocycles. The van der Waals surface area contributed by atoms with Crippen LogP contribution in [0.2, 0.25) is 5.02 Å². The van der Waals surface area contributed by atoms with E-state index in [1.54, 1.807) is 48.5 Å². The summed E-state index contributed by atoms with van der Waals surface area (Å²) in [6.07, 6.45) is 3.37. The lowest BCUT2D eigenvalue weighted by Crippen LogP contribution is -2.13. The van der Waals surface area contributed by atoms with Crippen molar-refractivity contribution in [1.82, 2.24) is 4.57 Å². The van der Waals surface area contributed by atoms with Crippen LogP contribution in [0.5, 0.6) is 0 Å². The molecular weight excluding hydrogens is 413 g/mol. The molecule has 1 aromatic heterocycles. The molecule has 0 fully saturated rings. The van der Waals surface area contributed by atoms with Crippen LogP contribution in [0.3, 0.4) is 0 Å². The van der Waals surface area contributed by atoms with Gasteiger partial charge in [0.05, 0.1) is 6.54 Å². The van der Waals surface area contributed by atoms with Gasteiger partial charge in [-0.2, -0.15) is 5.26 Å². The van der Waals surface area contributed by atoms with Gasteiger partial charge in [-0.1, -0.05) is 48.0 Å². The Hall–Kier alpha value is -3.88. The number of rotatable bonds is 5. The standard InChI is InChI=1S/C25H17ClFN3O/c26-20-9-11-21(12-10-20)29-25(31)18(14-28)13-19-16-30(24-8-4-2-6-22(19)24)15-17-5-1-3-7-23(17)27/h1-13,16H,15H2,(H,29,31)/b18-13+. The van der Waals surface area contributed by atoms with Gasteiger partial charge in [-0.3, -0.25) is 4.79 Å². The van der Waals surface area contributed by atoms with Gasteiger partial charge >= 0.3 is 0 Å². The zero-order chi connectivity index (χ0) is 21.8. The second-order valence-corrected chi connectivity index (χ2v) is 7.39. The largest absolute Gasteiger partial charge is 0.342 e. The van der Waals surface area contributed by atoms with Gasteiger partial charge in [0, 0.05) is 38.9 Å². The van der Waals surface area contributed by atoms with Crippen molar-refractivity contribution in [2.45, 2.75) is 6.54 Å². The van der Waals surface area contributed by atoms with E-state index >= 15 is 0 Å². The Morgan fingerprint density at radius 3 is 2.52 bits per heavy atom. The molecule has 0 spiro atoms. The predicted molar refractivity (Wildman–Crippen MR) is 121 cm³/mol. The van der Waals surface area contributed by atoms with Crippen LogP contribution in [0.25, 0.3) is 17.0 Å². The number of nitriles is 1. The van der Waals surface area contributed by atoms with E-state index in [-0.39, 0.29) is 11.4 Å². The van der Waals surface area contributed by atoms with Crippen molar-refractivity contribution in [3.63, 3.8) is 0 Å². The van der Waals surface area contributed by atoms with Gasteiger partial charge < -0.3 is 9.88 Å². The summed E-state index contributed by atoms with van der Waals surface area (Å²) in [5.74, 6) is -0.798. The minimum Gasteiger partial charge on any atom is -0.342 e. The van der Waals surface area contributed by atoms with Crippen LogP contribution in [0.1, 0.15) is 11.1 Å². The van der Waals surface area contributed by atoms with Crippen molar-refractivity contribution in [1.29, 1.82) is 5.26 Å². The first-order chi connectivity index (χ1) is 15.0. The lowest BCUT2D eigenvalue weighted by atomic mass is 10.1. The SMILES string of the molecule is N#C/C(=C\c1cn(Cc2ccccc2F)c2ccccc12)C(=O)Nc1ccc(Cl)cc1. The Kier molecular flexibility index (Phi) is 5.83. The maximum atomic E-state index is 14.2. The topological polar surface area (TPSA) is 57.8 Å². The minimum absolute atomic E-state index is 0.0382. The zero-order valence-electron chi connectivity index (χ0n) is 16.3. The first-order valence-corrected chi connectivity index (χ1v) is 9.93. The molecule has 0 bridgehead atoms. The average Bonchev–Trinajstić information content (AvgIpc) is 3.12. The number of benzene rings is 3. The minimum atomic E-state index is -0.518. The lowest BCUT2D eigenvalue weighted by Gasteiger charge is -2.06. The maximum absolute atomic E-state index is 14.2. The summed E-state index contributed by atoms with van der Waals surface area (Å²) in [6.45, 7) is 0.333. The number of para-hydroxylation sites is 1. The number of carbonyl (C=O) groups is 1. The molecule has 0 aliphatic rings. The highest BCUT2D eigenvalue weighted by Gasteiger charge is 2.13. The quantitative estimate of drug-likeness (QED) is 0.311. The molecule has 0 unspecified atom stereocenters. The number of carbonyl (C=O) groups excluding carboxylic acids is 1. The van der Waals surface area contributed by atoms with Gasteiger partial charge in [0.25, 0.3) is 5.91 Å². The van der Waals surface area contributed by atoms with Gasteiger partial charge in [-0.25, -0.2) is 4.39 Å². The molecule has 4 rings (SSSR count). The van der Waals surface area contributed by atoms with Gasteiger partial charge in [0.15, 0.2) is 0 Å². The van der Waals surface area contributed by atoms with Crippen LogP contribution in [-0.4, -0.2) is 10.5 Å². The fraction of sp³-hybridized carbons (Fsp3) is 0.0400. The summed E-state index contributed by atoms with van der Waals surface area (Å²) in [6, 6.07) is 22.8. The highest BCUT2D eigenvalue weighted by Crippen LogP contribution is 2.25. The smallest absolute Gasteiger partial charge is 0.266 e. The van der Waals surface area contributed by atoms with Crippen LogP contribution < -0.4 is 5.32 Å². The Morgan fingerprint density at radius 2 is 1.77 bits per heavy atom. The normalized spacial score (nSPS) is 11.3. The number of hydrogen-bond acceptors (Lipinski definition) is 2. The number of nitrogens with zero attached hydrogens (tertiary/aromatic N) is 2. The Balaban J connectivity index is 1.68. The lowest BCUT2D eigenvalue weighted by molar-refractivity contribution is -0.112. The summed E-state index contributed by atoms with van der Waals surface area (Å²) < 4.78 is 16.1. The van der Waals surface area contributed by atoms with E-state index in [4.69, 9.17) is 11.6 Å². The molecule has 4 nitrogen and oxygen atoms in total. The molecule has 4 aromatic rings. The third kappa shape index (κ3) is 4.50. The average molecular weight is 430 g/mol. The molecule has 1 amide bonds. The number of nitrogens with one attached hydrogen (secondary N) is 1. The van der Waals surface area contributed by atoms with Crippen molar-refractivity contribution in [2.24, 2.45) is 0 Å². The van der Waals surface area contributed by atoms with Crippen molar-refractivity contribution in [3.8, 4) is 6.07 Å². The number of hydrogen-bond donors (Lipinski definition) is 1. The molecule has 0 saturated carbocycles. The van der Waals surface area contributed by atoms with E-state index in [0.717, 1.165) is 10.9 Å². The zero-order valence-corrected chi connectivity index (χ0v) is 17.1. The fourth-order valence-electron chi connectivity index (χ4n) is 3.37. The van der Waals surface area contributed by atoms with E-state index in [9.17, 15) is 14.4 Å². The molecule has 0 saturated heterocycles. The second-order valence-electron chi connectivity index (χ2n) is 6.95. The van der Waals surface area contributed by atoms with Crippen molar-refractivity contribution in [3.05, 3.63) is 107 Å². The van der Waals surface area contributed by atoms with Crippen LogP contribution in [0, 0.1) is 17.1 Å². The third-order valence-electron chi connectivity index (χ3n) is 4.88. The van der Waals surface area contributed by atoms with Crippen LogP contribution in [0.4, 0.5) is 10.1 Å². The van der Waals surface area contributed by atoms with Crippen LogP contribution in [-0.2, 0) is 11.3 Å². The van der Waals surface area contributed by atoms with E-state index < -0.39 is 5.91 Å². The number of halogens is 2. The summed E-state index contributed by atoms with van der Waals surface area (Å²) in [5, 5.41) is 13.7. The number of anilines is 1. The van der Waals surface area contributed by atoms with Gasteiger partial charge in [-0.15, -0.1) is 0 Å². The number of aromatic nitrogens is 1. The highest BCUT2D eigenvalue weighted by molar-refractivity contribution is 6.30. The summed E-state index contributed by atoms with van der Waals surface area (Å²) in [4.78, 5) is 12.6. The number of fused-ring (bicyclic) bond motifs is 1. The molecular formula is C25H17ClFN3O.